The van der Waals surface area contributed by atoms with Crippen molar-refractivity contribution in [1.29, 1.82) is 0 Å². The number of hydrogen-bond acceptors (Lipinski definition) is 7. The summed E-state index contributed by atoms with van der Waals surface area (Å²) in [5, 5.41) is 2.60. The van der Waals surface area contributed by atoms with Gasteiger partial charge in [0, 0.05) is 17.7 Å². The van der Waals surface area contributed by atoms with Crippen LogP contribution in [0.25, 0.3) is 0 Å². The van der Waals surface area contributed by atoms with Gasteiger partial charge in [0.25, 0.3) is 5.91 Å². The molecule has 1 aliphatic rings. The molecule has 2 rings (SSSR count). The third-order valence-corrected chi connectivity index (χ3v) is 5.85. The van der Waals surface area contributed by atoms with Crippen molar-refractivity contribution in [3.63, 3.8) is 0 Å². The van der Waals surface area contributed by atoms with Crippen molar-refractivity contribution in [2.24, 2.45) is 0 Å². The molecular formula is C17H23NO7S. The maximum Gasteiger partial charge on any atom is 0.311 e. The number of esters is 1. The fraction of sp³-hybridized carbons (Fsp3) is 0.529. The van der Waals surface area contributed by atoms with E-state index in [1.807, 2.05) is 0 Å². The Kier molecular flexibility index (Phi) is 6.47. The lowest BCUT2D eigenvalue weighted by molar-refractivity contribution is -0.154. The van der Waals surface area contributed by atoms with Crippen LogP contribution in [0, 0.1) is 0 Å². The van der Waals surface area contributed by atoms with Gasteiger partial charge in [0.05, 0.1) is 32.1 Å². The summed E-state index contributed by atoms with van der Waals surface area (Å²) >= 11 is 0. The second kappa shape index (κ2) is 8.39. The second-order valence-electron chi connectivity index (χ2n) is 6.10. The number of carbonyl (C=O) groups excluding carboxylic acids is 2. The van der Waals surface area contributed by atoms with E-state index in [4.69, 9.17) is 14.2 Å². The molecule has 1 aromatic carbocycles. The molecule has 1 amide bonds. The lowest BCUT2D eigenvalue weighted by Crippen LogP contribution is -2.42. The minimum Gasteiger partial charge on any atom is -0.497 e. The van der Waals surface area contributed by atoms with Crippen LogP contribution in [0.15, 0.2) is 18.2 Å². The maximum atomic E-state index is 12.1. The molecule has 8 nitrogen and oxygen atoms in total. The van der Waals surface area contributed by atoms with Gasteiger partial charge in [-0.25, -0.2) is 8.42 Å². The molecular weight excluding hydrogens is 362 g/mol. The highest BCUT2D eigenvalue weighted by Crippen LogP contribution is 2.25. The summed E-state index contributed by atoms with van der Waals surface area (Å²) in [4.78, 5) is 24.2. The predicted octanol–water partition coefficient (Wildman–Crippen LogP) is 0.481. The molecule has 0 spiro atoms. The molecule has 9 heteroatoms. The molecule has 0 saturated carbocycles. The predicted molar refractivity (Wildman–Crippen MR) is 94.0 cm³/mol. The molecule has 2 atom stereocenters. The van der Waals surface area contributed by atoms with E-state index >= 15 is 0 Å². The van der Waals surface area contributed by atoms with Crippen molar-refractivity contribution in [2.45, 2.75) is 31.9 Å². The lowest BCUT2D eigenvalue weighted by atomic mass is 10.1. The molecule has 0 aromatic heterocycles. The summed E-state index contributed by atoms with van der Waals surface area (Å²) in [5.41, 5.74) is 0.604. The van der Waals surface area contributed by atoms with E-state index in [-0.39, 0.29) is 17.9 Å². The number of carbonyl (C=O) groups is 2. The number of ether oxygens (including phenoxy) is 3. The zero-order chi connectivity index (χ0) is 19.3. The Morgan fingerprint density at radius 1 is 1.27 bits per heavy atom. The van der Waals surface area contributed by atoms with Crippen molar-refractivity contribution in [3.8, 4) is 11.5 Å². The van der Waals surface area contributed by atoms with Crippen LogP contribution in [0.3, 0.4) is 0 Å². The van der Waals surface area contributed by atoms with Crippen molar-refractivity contribution in [2.75, 3.05) is 25.7 Å². The van der Waals surface area contributed by atoms with Crippen molar-refractivity contribution < 1.29 is 32.2 Å². The van der Waals surface area contributed by atoms with Gasteiger partial charge in [-0.2, -0.15) is 0 Å². The normalized spacial score (nSPS) is 19.4. The Morgan fingerprint density at radius 2 is 2.00 bits per heavy atom. The zero-order valence-corrected chi connectivity index (χ0v) is 15.8. The van der Waals surface area contributed by atoms with E-state index in [1.54, 1.807) is 18.2 Å². The molecule has 0 aliphatic carbocycles. The van der Waals surface area contributed by atoms with Gasteiger partial charge in [-0.05, 0) is 19.4 Å². The second-order valence-corrected chi connectivity index (χ2v) is 8.32. The summed E-state index contributed by atoms with van der Waals surface area (Å²) in [5.74, 6) is -0.0450. The van der Waals surface area contributed by atoms with Crippen LogP contribution < -0.4 is 14.8 Å². The standard InChI is InChI=1S/C17H23NO7S/c1-11(17(20)18-13-6-7-26(21,22)10-13)25-16(19)8-12-4-5-14(23-2)9-15(12)24-3/h4-5,9,11,13H,6-8,10H2,1-3H3,(H,18,20)/t11-,13+/m0/s1. The molecule has 1 aliphatic heterocycles. The van der Waals surface area contributed by atoms with Crippen LogP contribution in [0.4, 0.5) is 0 Å². The first-order valence-electron chi connectivity index (χ1n) is 8.15. The van der Waals surface area contributed by atoms with Crippen LogP contribution in [0.1, 0.15) is 18.9 Å². The van der Waals surface area contributed by atoms with Gasteiger partial charge >= 0.3 is 5.97 Å². The Balaban J connectivity index is 1.89. The minimum absolute atomic E-state index is 0.0589. The van der Waals surface area contributed by atoms with Gasteiger partial charge in [0.15, 0.2) is 15.9 Å². The molecule has 0 bridgehead atoms. The highest BCUT2D eigenvalue weighted by atomic mass is 32.2. The van der Waals surface area contributed by atoms with E-state index in [9.17, 15) is 18.0 Å². The highest BCUT2D eigenvalue weighted by Gasteiger charge is 2.30. The van der Waals surface area contributed by atoms with Gasteiger partial charge in [-0.3, -0.25) is 9.59 Å². The average molecular weight is 385 g/mol. The fourth-order valence-electron chi connectivity index (χ4n) is 2.67. The van der Waals surface area contributed by atoms with Crippen molar-refractivity contribution in [1.82, 2.24) is 5.32 Å². The number of sulfone groups is 1. The summed E-state index contributed by atoms with van der Waals surface area (Å²) in [6.45, 7) is 1.45. The van der Waals surface area contributed by atoms with E-state index in [0.717, 1.165) is 0 Å². The average Bonchev–Trinajstić information content (AvgIpc) is 2.93. The molecule has 1 saturated heterocycles. The fourth-order valence-corrected chi connectivity index (χ4v) is 4.35. The molecule has 144 valence electrons. The van der Waals surface area contributed by atoms with E-state index in [0.29, 0.717) is 23.5 Å². The molecule has 1 heterocycles. The Morgan fingerprint density at radius 3 is 2.58 bits per heavy atom. The van der Waals surface area contributed by atoms with Crippen LogP contribution in [0.5, 0.6) is 11.5 Å². The molecule has 0 unspecified atom stereocenters. The molecule has 1 aromatic rings. The van der Waals surface area contributed by atoms with Crippen molar-refractivity contribution in [3.05, 3.63) is 23.8 Å². The smallest absolute Gasteiger partial charge is 0.311 e. The van der Waals surface area contributed by atoms with Crippen LogP contribution in [0.2, 0.25) is 0 Å². The first-order chi connectivity index (χ1) is 12.2. The SMILES string of the molecule is COc1ccc(CC(=O)O[C@@H](C)C(=O)N[C@@H]2CCS(=O)(=O)C2)c(OC)c1. The summed E-state index contributed by atoms with van der Waals surface area (Å²) in [6.07, 6.45) is -0.713. The van der Waals surface area contributed by atoms with E-state index in [2.05, 4.69) is 5.32 Å². The summed E-state index contributed by atoms with van der Waals surface area (Å²) in [6, 6.07) is 4.60. The highest BCUT2D eigenvalue weighted by molar-refractivity contribution is 7.91. The number of hydrogen-bond donors (Lipinski definition) is 1. The first kappa shape index (κ1) is 20.0. The Labute approximate surface area is 152 Å². The summed E-state index contributed by atoms with van der Waals surface area (Å²) < 4.78 is 38.3. The largest absolute Gasteiger partial charge is 0.497 e. The Bertz CT molecular complexity index is 775. The van der Waals surface area contributed by atoms with Crippen LogP contribution in [-0.4, -0.2) is 58.2 Å². The van der Waals surface area contributed by atoms with Gasteiger partial charge < -0.3 is 19.5 Å². The zero-order valence-electron chi connectivity index (χ0n) is 15.0. The third-order valence-electron chi connectivity index (χ3n) is 4.09. The lowest BCUT2D eigenvalue weighted by Gasteiger charge is -2.17. The van der Waals surface area contributed by atoms with Gasteiger partial charge in [-0.1, -0.05) is 6.07 Å². The number of methoxy groups -OCH3 is 2. The molecule has 0 radical (unpaired) electrons. The number of benzene rings is 1. The monoisotopic (exact) mass is 385 g/mol. The topological polar surface area (TPSA) is 108 Å². The quantitative estimate of drug-likeness (QED) is 0.680. The molecule has 26 heavy (non-hydrogen) atoms. The van der Waals surface area contributed by atoms with Gasteiger partial charge in [0.1, 0.15) is 11.5 Å². The van der Waals surface area contributed by atoms with Crippen molar-refractivity contribution >= 4 is 21.7 Å². The van der Waals surface area contributed by atoms with Gasteiger partial charge in [-0.15, -0.1) is 0 Å². The summed E-state index contributed by atoms with van der Waals surface area (Å²) in [7, 11) is -0.0828. The Hall–Kier alpha value is -2.29. The van der Waals surface area contributed by atoms with E-state index in [1.165, 1.54) is 21.1 Å². The maximum absolute atomic E-state index is 12.1. The molecule has 1 N–H and O–H groups in total. The third kappa shape index (κ3) is 5.35. The number of amides is 1. The number of rotatable bonds is 7. The molecule has 1 fully saturated rings. The first-order valence-corrected chi connectivity index (χ1v) is 9.97. The number of nitrogens with one attached hydrogen (secondary N) is 1. The van der Waals surface area contributed by atoms with E-state index < -0.39 is 33.9 Å². The minimum atomic E-state index is -3.09. The van der Waals surface area contributed by atoms with Gasteiger partial charge in [0.2, 0.25) is 0 Å². The van der Waals surface area contributed by atoms with Crippen LogP contribution in [-0.2, 0) is 30.6 Å². The van der Waals surface area contributed by atoms with Crippen LogP contribution >= 0.6 is 0 Å².